The van der Waals surface area contributed by atoms with E-state index in [2.05, 4.69) is 15.2 Å². The van der Waals surface area contributed by atoms with Crippen molar-refractivity contribution in [1.82, 2.24) is 29.5 Å². The molecule has 0 spiro atoms. The lowest BCUT2D eigenvalue weighted by atomic mass is 9.93. The highest BCUT2D eigenvalue weighted by Crippen LogP contribution is 2.40. The van der Waals surface area contributed by atoms with Crippen LogP contribution in [0.1, 0.15) is 49.0 Å². The molecule has 0 aromatic carbocycles. The molecule has 3 aliphatic rings. The summed E-state index contributed by atoms with van der Waals surface area (Å²) in [5, 5.41) is 8.20. The summed E-state index contributed by atoms with van der Waals surface area (Å²) in [6, 6.07) is 3.54. The maximum Gasteiger partial charge on any atom is 0.254 e. The van der Waals surface area contributed by atoms with Gasteiger partial charge < -0.3 is 19.1 Å². The molecular weight excluding hydrogens is 384 g/mol. The van der Waals surface area contributed by atoms with Crippen LogP contribution in [-0.2, 0) is 21.4 Å². The molecule has 9 heteroatoms. The Morgan fingerprint density at radius 2 is 2.00 bits per heavy atom. The first-order valence-corrected chi connectivity index (χ1v) is 10.6. The number of aromatic nitrogens is 4. The first kappa shape index (κ1) is 19.2. The zero-order valence-corrected chi connectivity index (χ0v) is 17.1. The van der Waals surface area contributed by atoms with Crippen LogP contribution in [0.4, 0.5) is 0 Å². The zero-order valence-electron chi connectivity index (χ0n) is 17.1. The van der Waals surface area contributed by atoms with Gasteiger partial charge in [0.2, 0.25) is 5.91 Å². The number of carbonyl (C=O) groups is 2. The predicted molar refractivity (Wildman–Crippen MR) is 106 cm³/mol. The van der Waals surface area contributed by atoms with Crippen LogP contribution in [0.25, 0.3) is 0 Å². The molecule has 4 heterocycles. The lowest BCUT2D eigenvalue weighted by Crippen LogP contribution is -2.56. The first-order valence-electron chi connectivity index (χ1n) is 10.6. The standard InChI is InChI=1S/C21H26N6O3/c1-25-13-23-24-20(25)14-6-9-26(10-7-14)21(29)19-18(15-3-2-8-22-11-15)27(16-4-5-16)17(28)12-30-19/h2-3,8,11,13-14,16,18-19H,4-7,9-10,12H2,1H3/t18-,19+/m1/s1. The predicted octanol–water partition coefficient (Wildman–Crippen LogP) is 1.05. The minimum Gasteiger partial charge on any atom is -0.356 e. The van der Waals surface area contributed by atoms with Crippen molar-refractivity contribution in [3.63, 3.8) is 0 Å². The topological polar surface area (TPSA) is 93.4 Å². The third-order valence-electron chi connectivity index (χ3n) is 6.39. The van der Waals surface area contributed by atoms with Gasteiger partial charge in [-0.15, -0.1) is 10.2 Å². The van der Waals surface area contributed by atoms with Gasteiger partial charge in [0.1, 0.15) is 18.8 Å². The van der Waals surface area contributed by atoms with E-state index in [1.807, 2.05) is 33.5 Å². The Bertz CT molecular complexity index is 920. The first-order chi connectivity index (χ1) is 14.6. The molecule has 30 heavy (non-hydrogen) atoms. The van der Waals surface area contributed by atoms with E-state index in [-0.39, 0.29) is 24.5 Å². The monoisotopic (exact) mass is 410 g/mol. The average Bonchev–Trinajstić information content (AvgIpc) is 3.53. The Kier molecular flexibility index (Phi) is 4.98. The number of morpholine rings is 1. The maximum atomic E-state index is 13.5. The molecule has 0 bridgehead atoms. The highest BCUT2D eigenvalue weighted by atomic mass is 16.5. The van der Waals surface area contributed by atoms with Gasteiger partial charge in [0.15, 0.2) is 6.10 Å². The summed E-state index contributed by atoms with van der Waals surface area (Å²) in [6.07, 6.45) is 8.09. The van der Waals surface area contributed by atoms with Gasteiger partial charge in [-0.25, -0.2) is 0 Å². The smallest absolute Gasteiger partial charge is 0.254 e. The van der Waals surface area contributed by atoms with Crippen LogP contribution in [0, 0.1) is 0 Å². The fourth-order valence-electron chi connectivity index (χ4n) is 4.70. The fourth-order valence-corrected chi connectivity index (χ4v) is 4.70. The summed E-state index contributed by atoms with van der Waals surface area (Å²) < 4.78 is 7.81. The molecule has 0 unspecified atom stereocenters. The number of ether oxygens (including phenoxy) is 1. The third-order valence-corrected chi connectivity index (χ3v) is 6.39. The Balaban J connectivity index is 1.35. The van der Waals surface area contributed by atoms with Gasteiger partial charge in [-0.2, -0.15) is 0 Å². The van der Waals surface area contributed by atoms with Crippen molar-refractivity contribution >= 4 is 11.8 Å². The molecule has 2 aromatic heterocycles. The Morgan fingerprint density at radius 3 is 2.63 bits per heavy atom. The largest absolute Gasteiger partial charge is 0.356 e. The van der Waals surface area contributed by atoms with Gasteiger partial charge in [-0.3, -0.25) is 14.6 Å². The number of carbonyl (C=O) groups excluding carboxylic acids is 2. The normalized spacial score (nSPS) is 25.6. The second-order valence-corrected chi connectivity index (χ2v) is 8.39. The van der Waals surface area contributed by atoms with Crippen LogP contribution in [-0.4, -0.2) is 73.2 Å². The Morgan fingerprint density at radius 1 is 1.20 bits per heavy atom. The quantitative estimate of drug-likeness (QED) is 0.748. The van der Waals surface area contributed by atoms with E-state index in [4.69, 9.17) is 4.74 Å². The van der Waals surface area contributed by atoms with E-state index in [1.165, 1.54) is 0 Å². The second kappa shape index (κ2) is 7.79. The van der Waals surface area contributed by atoms with Gasteiger partial charge in [-0.05, 0) is 37.3 Å². The van der Waals surface area contributed by atoms with Crippen molar-refractivity contribution in [3.8, 4) is 0 Å². The van der Waals surface area contributed by atoms with Crippen molar-refractivity contribution in [2.75, 3.05) is 19.7 Å². The number of nitrogens with zero attached hydrogens (tertiary/aromatic N) is 6. The van der Waals surface area contributed by atoms with Crippen molar-refractivity contribution in [1.29, 1.82) is 0 Å². The molecule has 3 fully saturated rings. The minimum absolute atomic E-state index is 0.0426. The van der Waals surface area contributed by atoms with E-state index in [0.29, 0.717) is 19.0 Å². The highest BCUT2D eigenvalue weighted by Gasteiger charge is 2.48. The van der Waals surface area contributed by atoms with E-state index in [9.17, 15) is 9.59 Å². The lowest BCUT2D eigenvalue weighted by molar-refractivity contribution is -0.170. The molecular formula is C21H26N6O3. The van der Waals surface area contributed by atoms with E-state index < -0.39 is 12.1 Å². The number of aryl methyl sites for hydroxylation is 1. The summed E-state index contributed by atoms with van der Waals surface area (Å²) in [5.41, 5.74) is 0.852. The fraction of sp³-hybridized carbons (Fsp3) is 0.571. The van der Waals surface area contributed by atoms with Crippen LogP contribution in [0.2, 0.25) is 0 Å². The summed E-state index contributed by atoms with van der Waals surface area (Å²) in [5.74, 6) is 1.18. The van der Waals surface area contributed by atoms with E-state index >= 15 is 0 Å². The molecule has 2 aromatic rings. The van der Waals surface area contributed by atoms with Crippen molar-refractivity contribution < 1.29 is 14.3 Å². The third kappa shape index (κ3) is 3.47. The average molecular weight is 410 g/mol. The molecule has 2 atom stereocenters. The molecule has 2 saturated heterocycles. The van der Waals surface area contributed by atoms with Gasteiger partial charge in [0.05, 0.1) is 6.04 Å². The molecule has 5 rings (SSSR count). The van der Waals surface area contributed by atoms with Gasteiger partial charge in [0.25, 0.3) is 5.91 Å². The molecule has 158 valence electrons. The number of likely N-dealkylation sites (tertiary alicyclic amines) is 1. The molecule has 9 nitrogen and oxygen atoms in total. The van der Waals surface area contributed by atoms with Crippen LogP contribution in [0.15, 0.2) is 30.9 Å². The minimum atomic E-state index is -0.695. The van der Waals surface area contributed by atoms with E-state index in [1.54, 1.807) is 18.7 Å². The number of hydrogen-bond donors (Lipinski definition) is 0. The van der Waals surface area contributed by atoms with Crippen LogP contribution in [0.5, 0.6) is 0 Å². The number of rotatable bonds is 4. The van der Waals surface area contributed by atoms with Crippen LogP contribution in [0.3, 0.4) is 0 Å². The Hall–Kier alpha value is -2.81. The molecule has 2 aliphatic heterocycles. The summed E-state index contributed by atoms with van der Waals surface area (Å²) in [7, 11) is 1.95. The summed E-state index contributed by atoms with van der Waals surface area (Å²) >= 11 is 0. The van der Waals surface area contributed by atoms with Crippen LogP contribution < -0.4 is 0 Å². The molecule has 2 amide bonds. The van der Waals surface area contributed by atoms with Gasteiger partial charge in [0, 0.05) is 44.5 Å². The van der Waals surface area contributed by atoms with Gasteiger partial charge in [-0.1, -0.05) is 6.07 Å². The number of amides is 2. The second-order valence-electron chi connectivity index (χ2n) is 8.39. The SMILES string of the molecule is Cn1cnnc1C1CCN(C(=O)[C@H]2OCC(=O)N(C3CC3)[C@@H]2c2cccnc2)CC1. The van der Waals surface area contributed by atoms with Crippen LogP contribution >= 0.6 is 0 Å². The lowest BCUT2D eigenvalue weighted by Gasteiger charge is -2.43. The molecule has 1 saturated carbocycles. The maximum absolute atomic E-state index is 13.5. The molecule has 0 N–H and O–H groups in total. The summed E-state index contributed by atoms with van der Waals surface area (Å²) in [6.45, 7) is 1.25. The Labute approximate surface area is 175 Å². The number of pyridine rings is 1. The summed E-state index contributed by atoms with van der Waals surface area (Å²) in [4.78, 5) is 34.1. The highest BCUT2D eigenvalue weighted by molar-refractivity contribution is 5.87. The molecule has 1 aliphatic carbocycles. The van der Waals surface area contributed by atoms with Gasteiger partial charge >= 0.3 is 0 Å². The zero-order chi connectivity index (χ0) is 20.7. The number of piperidine rings is 1. The van der Waals surface area contributed by atoms with Crippen molar-refractivity contribution in [2.45, 2.75) is 49.8 Å². The van der Waals surface area contributed by atoms with E-state index in [0.717, 1.165) is 37.1 Å². The van der Waals surface area contributed by atoms with Crippen molar-refractivity contribution in [2.24, 2.45) is 7.05 Å². The number of hydrogen-bond acceptors (Lipinski definition) is 6. The van der Waals surface area contributed by atoms with Crippen molar-refractivity contribution in [3.05, 3.63) is 42.2 Å². The molecule has 0 radical (unpaired) electrons.